The first-order valence-electron chi connectivity index (χ1n) is 4.03. The van der Waals surface area contributed by atoms with Gasteiger partial charge in [-0.05, 0) is 27.4 Å². The van der Waals surface area contributed by atoms with E-state index in [0.717, 1.165) is 13.0 Å². The number of ketones is 1. The zero-order valence-electron chi connectivity index (χ0n) is 7.42. The summed E-state index contributed by atoms with van der Waals surface area (Å²) in [6.07, 6.45) is 0.961. The van der Waals surface area contributed by atoms with E-state index in [2.05, 4.69) is 10.2 Å². The highest BCUT2D eigenvalue weighted by Gasteiger charge is 2.30. The number of likely N-dealkylation sites (tertiary alicyclic amines) is 1. The molecule has 0 aromatic heterocycles. The Labute approximate surface area is 67.8 Å². The summed E-state index contributed by atoms with van der Waals surface area (Å²) in [4.78, 5) is 13.2. The first kappa shape index (κ1) is 8.68. The standard InChI is InChI=1S/C8H16N2O/c1-6(11)8-4-7(9-2)5-10(8)3/h7-9H,4-5H2,1-3H3/t7-,8-/m1/s1. The van der Waals surface area contributed by atoms with Crippen LogP contribution in [0.4, 0.5) is 0 Å². The molecule has 1 heterocycles. The van der Waals surface area contributed by atoms with Crippen molar-refractivity contribution in [1.82, 2.24) is 10.2 Å². The second-order valence-corrected chi connectivity index (χ2v) is 3.29. The second kappa shape index (κ2) is 3.32. The molecule has 3 heteroatoms. The molecule has 0 radical (unpaired) electrons. The Bertz CT molecular complexity index is 158. The molecular formula is C8H16N2O. The first-order chi connectivity index (χ1) is 5.15. The maximum atomic E-state index is 11.0. The monoisotopic (exact) mass is 156 g/mol. The lowest BCUT2D eigenvalue weighted by molar-refractivity contribution is -0.120. The summed E-state index contributed by atoms with van der Waals surface area (Å²) in [6.45, 7) is 2.65. The summed E-state index contributed by atoms with van der Waals surface area (Å²) < 4.78 is 0. The van der Waals surface area contributed by atoms with Crippen LogP contribution in [-0.4, -0.2) is 43.4 Å². The molecule has 1 rings (SSSR count). The fraction of sp³-hybridized carbons (Fsp3) is 0.875. The van der Waals surface area contributed by atoms with Crippen LogP contribution in [0.2, 0.25) is 0 Å². The number of hydrogen-bond acceptors (Lipinski definition) is 3. The predicted octanol–water partition coefficient (Wildman–Crippen LogP) is -0.132. The number of carbonyl (C=O) groups excluding carboxylic acids is 1. The summed E-state index contributed by atoms with van der Waals surface area (Å²) in [6, 6.07) is 0.640. The summed E-state index contributed by atoms with van der Waals surface area (Å²) in [5.41, 5.74) is 0. The molecule has 0 aliphatic carbocycles. The highest BCUT2D eigenvalue weighted by atomic mass is 16.1. The third-order valence-corrected chi connectivity index (χ3v) is 2.43. The Morgan fingerprint density at radius 1 is 1.64 bits per heavy atom. The highest BCUT2D eigenvalue weighted by molar-refractivity contribution is 5.81. The molecule has 1 aliphatic heterocycles. The minimum atomic E-state index is 0.146. The number of nitrogens with one attached hydrogen (secondary N) is 1. The van der Waals surface area contributed by atoms with Crippen LogP contribution < -0.4 is 5.32 Å². The van der Waals surface area contributed by atoms with Gasteiger partial charge in [-0.3, -0.25) is 9.69 Å². The molecule has 0 aromatic carbocycles. The third-order valence-electron chi connectivity index (χ3n) is 2.43. The first-order valence-corrected chi connectivity index (χ1v) is 4.03. The van der Waals surface area contributed by atoms with Crippen molar-refractivity contribution in [3.8, 4) is 0 Å². The molecular weight excluding hydrogens is 140 g/mol. The number of Topliss-reactive ketones (excluding diaryl/α,β-unsaturated/α-hetero) is 1. The van der Waals surface area contributed by atoms with Gasteiger partial charge in [-0.25, -0.2) is 0 Å². The average molecular weight is 156 g/mol. The number of likely N-dealkylation sites (N-methyl/N-ethyl adjacent to an activating group) is 2. The van der Waals surface area contributed by atoms with Crippen LogP contribution in [0, 0.1) is 0 Å². The van der Waals surface area contributed by atoms with Gasteiger partial charge < -0.3 is 5.32 Å². The van der Waals surface area contributed by atoms with E-state index in [1.54, 1.807) is 6.92 Å². The van der Waals surface area contributed by atoms with E-state index in [-0.39, 0.29) is 11.8 Å². The van der Waals surface area contributed by atoms with Crippen molar-refractivity contribution in [3.05, 3.63) is 0 Å². The molecule has 0 spiro atoms. The van der Waals surface area contributed by atoms with Crippen LogP contribution in [0.25, 0.3) is 0 Å². The molecule has 3 nitrogen and oxygen atoms in total. The van der Waals surface area contributed by atoms with E-state index >= 15 is 0 Å². The van der Waals surface area contributed by atoms with Gasteiger partial charge in [0.15, 0.2) is 0 Å². The number of hydrogen-bond donors (Lipinski definition) is 1. The zero-order valence-corrected chi connectivity index (χ0v) is 7.42. The summed E-state index contributed by atoms with van der Waals surface area (Å²) in [5.74, 6) is 0.283. The number of nitrogens with zero attached hydrogens (tertiary/aromatic N) is 1. The third kappa shape index (κ3) is 1.79. The van der Waals surface area contributed by atoms with Crippen LogP contribution in [0.15, 0.2) is 0 Å². The summed E-state index contributed by atoms with van der Waals surface area (Å²) >= 11 is 0. The number of rotatable bonds is 2. The van der Waals surface area contributed by atoms with Gasteiger partial charge in [0.1, 0.15) is 5.78 Å². The van der Waals surface area contributed by atoms with Crippen LogP contribution in [-0.2, 0) is 4.79 Å². The van der Waals surface area contributed by atoms with Crippen LogP contribution in [0.5, 0.6) is 0 Å². The van der Waals surface area contributed by atoms with Crippen LogP contribution in [0.1, 0.15) is 13.3 Å². The fourth-order valence-electron chi connectivity index (χ4n) is 1.68. The second-order valence-electron chi connectivity index (χ2n) is 3.29. The molecule has 0 unspecified atom stereocenters. The lowest BCUT2D eigenvalue weighted by atomic mass is 10.1. The van der Waals surface area contributed by atoms with Gasteiger partial charge in [0.05, 0.1) is 6.04 Å². The molecule has 64 valence electrons. The Morgan fingerprint density at radius 3 is 2.55 bits per heavy atom. The van der Waals surface area contributed by atoms with E-state index in [1.807, 2.05) is 14.1 Å². The van der Waals surface area contributed by atoms with Crippen LogP contribution >= 0.6 is 0 Å². The van der Waals surface area contributed by atoms with Crippen molar-refractivity contribution in [2.45, 2.75) is 25.4 Å². The van der Waals surface area contributed by atoms with Gasteiger partial charge >= 0.3 is 0 Å². The molecule has 1 saturated heterocycles. The highest BCUT2D eigenvalue weighted by Crippen LogP contribution is 2.15. The topological polar surface area (TPSA) is 32.3 Å². The lowest BCUT2D eigenvalue weighted by Gasteiger charge is -2.14. The van der Waals surface area contributed by atoms with Crippen molar-refractivity contribution in [1.29, 1.82) is 0 Å². The molecule has 2 atom stereocenters. The normalized spacial score (nSPS) is 32.6. The van der Waals surface area contributed by atoms with E-state index in [1.165, 1.54) is 0 Å². The van der Waals surface area contributed by atoms with Crippen molar-refractivity contribution in [2.75, 3.05) is 20.6 Å². The Balaban J connectivity index is 2.51. The molecule has 0 bridgehead atoms. The van der Waals surface area contributed by atoms with Gasteiger partial charge in [-0.15, -0.1) is 0 Å². The van der Waals surface area contributed by atoms with Crippen LogP contribution in [0.3, 0.4) is 0 Å². The maximum absolute atomic E-state index is 11.0. The maximum Gasteiger partial charge on any atom is 0.146 e. The van der Waals surface area contributed by atoms with Crippen molar-refractivity contribution in [2.24, 2.45) is 0 Å². The Hall–Kier alpha value is -0.410. The van der Waals surface area contributed by atoms with Crippen molar-refractivity contribution in [3.63, 3.8) is 0 Å². The Kier molecular flexibility index (Phi) is 2.62. The molecule has 11 heavy (non-hydrogen) atoms. The summed E-state index contributed by atoms with van der Waals surface area (Å²) in [7, 11) is 3.95. The van der Waals surface area contributed by atoms with Crippen molar-refractivity contribution >= 4 is 5.78 Å². The molecule has 1 N–H and O–H groups in total. The van der Waals surface area contributed by atoms with E-state index in [0.29, 0.717) is 6.04 Å². The van der Waals surface area contributed by atoms with Gasteiger partial charge in [-0.2, -0.15) is 0 Å². The van der Waals surface area contributed by atoms with E-state index < -0.39 is 0 Å². The van der Waals surface area contributed by atoms with Gasteiger partial charge in [0.2, 0.25) is 0 Å². The fourth-order valence-corrected chi connectivity index (χ4v) is 1.68. The molecule has 1 fully saturated rings. The van der Waals surface area contributed by atoms with Crippen molar-refractivity contribution < 1.29 is 4.79 Å². The average Bonchev–Trinajstić information content (AvgIpc) is 2.30. The summed E-state index contributed by atoms with van der Waals surface area (Å²) in [5, 5.41) is 3.19. The smallest absolute Gasteiger partial charge is 0.146 e. The van der Waals surface area contributed by atoms with E-state index in [4.69, 9.17) is 0 Å². The molecule has 0 aromatic rings. The Morgan fingerprint density at radius 2 is 2.27 bits per heavy atom. The quantitative estimate of drug-likeness (QED) is 0.604. The lowest BCUT2D eigenvalue weighted by Crippen LogP contribution is -2.31. The molecule has 0 amide bonds. The zero-order chi connectivity index (χ0) is 8.43. The SMILES string of the molecule is CN[C@@H]1C[C@H](C(C)=O)N(C)C1. The van der Waals surface area contributed by atoms with E-state index in [9.17, 15) is 4.79 Å². The van der Waals surface area contributed by atoms with Gasteiger partial charge in [0.25, 0.3) is 0 Å². The predicted molar refractivity (Wildman–Crippen MR) is 44.6 cm³/mol. The number of carbonyl (C=O) groups is 1. The molecule has 1 aliphatic rings. The van der Waals surface area contributed by atoms with Gasteiger partial charge in [-0.1, -0.05) is 0 Å². The molecule has 0 saturated carbocycles. The van der Waals surface area contributed by atoms with Gasteiger partial charge in [0, 0.05) is 12.6 Å². The minimum absolute atomic E-state index is 0.146. The largest absolute Gasteiger partial charge is 0.316 e. The minimum Gasteiger partial charge on any atom is -0.316 e.